The summed E-state index contributed by atoms with van der Waals surface area (Å²) in [6, 6.07) is 1.79. The fourth-order valence-electron chi connectivity index (χ4n) is 2.50. The average molecular weight is 265 g/mol. The largest absolute Gasteiger partial charge is 0.481 e. The molecular weight excluding hydrogens is 246 g/mol. The number of carbonyl (C=O) groups is 2. The molecule has 1 atom stereocenters. The minimum absolute atomic E-state index is 0.0553. The van der Waals surface area contributed by atoms with Gasteiger partial charge in [-0.2, -0.15) is 5.10 Å². The van der Waals surface area contributed by atoms with Gasteiger partial charge in [-0.1, -0.05) is 0 Å². The summed E-state index contributed by atoms with van der Waals surface area (Å²) >= 11 is 0. The van der Waals surface area contributed by atoms with E-state index in [2.05, 4.69) is 5.10 Å². The summed E-state index contributed by atoms with van der Waals surface area (Å²) < 4.78 is 1.61. The lowest BCUT2D eigenvalue weighted by Crippen LogP contribution is -2.34. The number of likely N-dealkylation sites (tertiary alicyclic amines) is 1. The summed E-state index contributed by atoms with van der Waals surface area (Å²) in [4.78, 5) is 24.6. The summed E-state index contributed by atoms with van der Waals surface area (Å²) in [5, 5.41) is 12.8. The van der Waals surface area contributed by atoms with E-state index >= 15 is 0 Å². The zero-order chi connectivity index (χ0) is 13.7. The van der Waals surface area contributed by atoms with E-state index in [4.69, 9.17) is 5.11 Å². The molecule has 1 saturated heterocycles. The highest BCUT2D eigenvalue weighted by Gasteiger charge is 2.22. The normalized spacial score (nSPS) is 20.0. The van der Waals surface area contributed by atoms with Gasteiger partial charge in [-0.25, -0.2) is 0 Å². The molecule has 104 valence electrons. The molecule has 2 rings (SSSR count). The topological polar surface area (TPSA) is 75.4 Å². The number of amides is 1. The van der Waals surface area contributed by atoms with Gasteiger partial charge in [0.2, 0.25) is 5.91 Å². The van der Waals surface area contributed by atoms with Crippen molar-refractivity contribution < 1.29 is 14.7 Å². The third-order valence-electron chi connectivity index (χ3n) is 3.52. The summed E-state index contributed by atoms with van der Waals surface area (Å²) in [5.74, 6) is -0.499. The Bertz CT molecular complexity index is 430. The molecule has 0 aromatic carbocycles. The zero-order valence-electron chi connectivity index (χ0n) is 10.9. The number of carbonyl (C=O) groups excluding carboxylic acids is 1. The van der Waals surface area contributed by atoms with Crippen molar-refractivity contribution in [3.05, 3.63) is 18.5 Å². The first-order chi connectivity index (χ1) is 9.15. The van der Waals surface area contributed by atoms with E-state index in [0.29, 0.717) is 6.54 Å². The minimum Gasteiger partial charge on any atom is -0.481 e. The standard InChI is InChI=1S/C13H19N3O3/c17-12(10-16-7-2-5-14-16)15-6-1-3-11(4-8-15)9-13(18)19/h2,5,7,11H,1,3-4,6,8-10H2,(H,18,19)/t11-/m0/s1. The lowest BCUT2D eigenvalue weighted by molar-refractivity contribution is -0.138. The average Bonchev–Trinajstić information content (AvgIpc) is 2.74. The molecule has 0 unspecified atom stereocenters. The smallest absolute Gasteiger partial charge is 0.303 e. The molecule has 0 spiro atoms. The maximum atomic E-state index is 12.1. The monoisotopic (exact) mass is 265 g/mol. The van der Waals surface area contributed by atoms with Gasteiger partial charge >= 0.3 is 5.97 Å². The first kappa shape index (κ1) is 13.6. The minimum atomic E-state index is -0.749. The van der Waals surface area contributed by atoms with E-state index in [-0.39, 0.29) is 24.8 Å². The molecule has 0 saturated carbocycles. The molecule has 1 N–H and O–H groups in total. The Labute approximate surface area is 112 Å². The van der Waals surface area contributed by atoms with E-state index in [1.165, 1.54) is 0 Å². The van der Waals surface area contributed by atoms with E-state index in [1.807, 2.05) is 4.90 Å². The van der Waals surface area contributed by atoms with Crippen molar-refractivity contribution >= 4 is 11.9 Å². The van der Waals surface area contributed by atoms with Gasteiger partial charge in [0.25, 0.3) is 0 Å². The molecule has 0 bridgehead atoms. The van der Waals surface area contributed by atoms with E-state index in [1.54, 1.807) is 23.1 Å². The third-order valence-corrected chi connectivity index (χ3v) is 3.52. The molecule has 1 aromatic rings. The van der Waals surface area contributed by atoms with Crippen molar-refractivity contribution in [2.24, 2.45) is 5.92 Å². The number of hydrogen-bond donors (Lipinski definition) is 1. The van der Waals surface area contributed by atoms with E-state index < -0.39 is 5.97 Å². The quantitative estimate of drug-likeness (QED) is 0.880. The van der Waals surface area contributed by atoms with Gasteiger partial charge in [0.1, 0.15) is 6.54 Å². The second-order valence-corrected chi connectivity index (χ2v) is 4.98. The Balaban J connectivity index is 1.84. The molecule has 0 aliphatic carbocycles. The molecular formula is C13H19N3O3. The lowest BCUT2D eigenvalue weighted by atomic mass is 9.97. The number of aliphatic carboxylic acids is 1. The Kier molecular flexibility index (Phi) is 4.54. The fourth-order valence-corrected chi connectivity index (χ4v) is 2.50. The molecule has 19 heavy (non-hydrogen) atoms. The van der Waals surface area contributed by atoms with Crippen LogP contribution in [0.4, 0.5) is 0 Å². The van der Waals surface area contributed by atoms with Crippen molar-refractivity contribution in [1.82, 2.24) is 14.7 Å². The first-order valence-corrected chi connectivity index (χ1v) is 6.62. The van der Waals surface area contributed by atoms with Gasteiger partial charge < -0.3 is 10.0 Å². The molecule has 1 aromatic heterocycles. The molecule has 1 aliphatic heterocycles. The highest BCUT2D eigenvalue weighted by Crippen LogP contribution is 2.20. The SMILES string of the molecule is O=C(O)C[C@H]1CCCN(C(=O)Cn2cccn2)CC1. The van der Waals surface area contributed by atoms with Gasteiger partial charge in [-0.15, -0.1) is 0 Å². The van der Waals surface area contributed by atoms with Crippen molar-refractivity contribution in [2.75, 3.05) is 13.1 Å². The van der Waals surface area contributed by atoms with Crippen LogP contribution in [0.5, 0.6) is 0 Å². The van der Waals surface area contributed by atoms with Crippen LogP contribution in [0.25, 0.3) is 0 Å². The lowest BCUT2D eigenvalue weighted by Gasteiger charge is -2.20. The Morgan fingerprint density at radius 1 is 1.32 bits per heavy atom. The first-order valence-electron chi connectivity index (χ1n) is 6.62. The van der Waals surface area contributed by atoms with Crippen LogP contribution in [0.3, 0.4) is 0 Å². The van der Waals surface area contributed by atoms with Crippen LogP contribution >= 0.6 is 0 Å². The highest BCUT2D eigenvalue weighted by molar-refractivity contribution is 5.75. The predicted molar refractivity (Wildman–Crippen MR) is 68.4 cm³/mol. The van der Waals surface area contributed by atoms with Crippen LogP contribution in [-0.4, -0.2) is 44.8 Å². The van der Waals surface area contributed by atoms with Crippen molar-refractivity contribution in [3.63, 3.8) is 0 Å². The number of hydrogen-bond acceptors (Lipinski definition) is 3. The second kappa shape index (κ2) is 6.36. The number of rotatable bonds is 4. The number of nitrogens with zero attached hydrogens (tertiary/aromatic N) is 3. The third kappa shape index (κ3) is 4.08. The van der Waals surface area contributed by atoms with Crippen molar-refractivity contribution in [1.29, 1.82) is 0 Å². The summed E-state index contributed by atoms with van der Waals surface area (Å²) in [5.41, 5.74) is 0. The number of carboxylic acid groups (broad SMARTS) is 1. The number of aromatic nitrogens is 2. The Morgan fingerprint density at radius 2 is 2.16 bits per heavy atom. The van der Waals surface area contributed by atoms with Crippen LogP contribution < -0.4 is 0 Å². The van der Waals surface area contributed by atoms with Crippen LogP contribution in [0.1, 0.15) is 25.7 Å². The van der Waals surface area contributed by atoms with Crippen molar-refractivity contribution in [2.45, 2.75) is 32.2 Å². The molecule has 6 nitrogen and oxygen atoms in total. The molecule has 6 heteroatoms. The molecule has 0 radical (unpaired) electrons. The van der Waals surface area contributed by atoms with Crippen molar-refractivity contribution in [3.8, 4) is 0 Å². The number of carboxylic acids is 1. The molecule has 1 aliphatic rings. The van der Waals surface area contributed by atoms with E-state index in [0.717, 1.165) is 25.8 Å². The predicted octanol–water partition coefficient (Wildman–Crippen LogP) is 0.986. The summed E-state index contributed by atoms with van der Waals surface area (Å²) in [7, 11) is 0. The van der Waals surface area contributed by atoms with Gasteiger partial charge in [-0.05, 0) is 31.2 Å². The zero-order valence-corrected chi connectivity index (χ0v) is 10.9. The van der Waals surface area contributed by atoms with Crippen LogP contribution in [0.15, 0.2) is 18.5 Å². The molecule has 1 fully saturated rings. The van der Waals surface area contributed by atoms with Gasteiger partial charge in [0, 0.05) is 31.9 Å². The fraction of sp³-hybridized carbons (Fsp3) is 0.615. The van der Waals surface area contributed by atoms with E-state index in [9.17, 15) is 9.59 Å². The Morgan fingerprint density at radius 3 is 2.84 bits per heavy atom. The van der Waals surface area contributed by atoms with Crippen LogP contribution in [-0.2, 0) is 16.1 Å². The highest BCUT2D eigenvalue weighted by atomic mass is 16.4. The second-order valence-electron chi connectivity index (χ2n) is 4.98. The molecule has 1 amide bonds. The molecule has 2 heterocycles. The van der Waals surface area contributed by atoms with Gasteiger partial charge in [0.15, 0.2) is 0 Å². The maximum Gasteiger partial charge on any atom is 0.303 e. The summed E-state index contributed by atoms with van der Waals surface area (Å²) in [6.07, 6.45) is 6.17. The maximum absolute atomic E-state index is 12.1. The van der Waals surface area contributed by atoms with Crippen LogP contribution in [0, 0.1) is 5.92 Å². The Hall–Kier alpha value is -1.85. The summed E-state index contributed by atoms with van der Waals surface area (Å²) in [6.45, 7) is 1.63. The van der Waals surface area contributed by atoms with Crippen LogP contribution in [0.2, 0.25) is 0 Å². The van der Waals surface area contributed by atoms with Gasteiger partial charge in [-0.3, -0.25) is 14.3 Å². The van der Waals surface area contributed by atoms with Gasteiger partial charge in [0.05, 0.1) is 0 Å².